The zero-order valence-electron chi connectivity index (χ0n) is 7.19. The van der Waals surface area contributed by atoms with Crippen molar-refractivity contribution < 1.29 is 14.9 Å². The lowest BCUT2D eigenvalue weighted by molar-refractivity contribution is -0.0446. The third-order valence-electron chi connectivity index (χ3n) is 2.46. The molecule has 0 aromatic carbocycles. The van der Waals surface area contributed by atoms with Gasteiger partial charge >= 0.3 is 0 Å². The largest absolute Gasteiger partial charge is 0.391 e. The fraction of sp³-hybridized carbons (Fsp3) is 1.00. The summed E-state index contributed by atoms with van der Waals surface area (Å²) in [6.45, 7) is 3.57. The first-order valence-corrected chi connectivity index (χ1v) is 4.05. The monoisotopic (exact) mass is 158 g/mol. The summed E-state index contributed by atoms with van der Waals surface area (Å²) in [7, 11) is 1.91. The molecule has 2 N–H and O–H groups in total. The number of rotatable bonds is 1. The van der Waals surface area contributed by atoms with Gasteiger partial charge in [0.1, 0.15) is 14.0 Å². The van der Waals surface area contributed by atoms with Gasteiger partial charge in [-0.05, 0) is 6.92 Å². The molecule has 1 rings (SSSR count). The van der Waals surface area contributed by atoms with E-state index in [1.165, 1.54) is 0 Å². The summed E-state index contributed by atoms with van der Waals surface area (Å²) in [4.78, 5) is 0. The van der Waals surface area contributed by atoms with Crippen molar-refractivity contribution in [1.82, 2.24) is 0 Å². The average molecular weight is 158 g/mol. The summed E-state index contributed by atoms with van der Waals surface area (Å²) < 4.78 is 5.35. The summed E-state index contributed by atoms with van der Waals surface area (Å²) in [5, 5.41) is 18.7. The molecule has 1 saturated heterocycles. The first kappa shape index (κ1) is 9.04. The zero-order chi connectivity index (χ0) is 8.59. The van der Waals surface area contributed by atoms with Crippen molar-refractivity contribution in [2.45, 2.75) is 38.2 Å². The van der Waals surface area contributed by atoms with Gasteiger partial charge in [0.15, 0.2) is 0 Å². The number of aliphatic hydroxyl groups is 2. The molecule has 0 aromatic rings. The minimum atomic E-state index is -0.586. The smallest absolute Gasteiger partial charge is 0.139 e. The maximum absolute atomic E-state index is 9.51. The van der Waals surface area contributed by atoms with Crippen LogP contribution in [0.5, 0.6) is 0 Å². The Labute approximate surface area is 67.8 Å². The minimum absolute atomic E-state index is 0.0459. The molecule has 1 heterocycles. The van der Waals surface area contributed by atoms with E-state index in [0.717, 1.165) is 0 Å². The van der Waals surface area contributed by atoms with Crippen LogP contribution < -0.4 is 0 Å². The molecule has 0 saturated carbocycles. The molecule has 5 atom stereocenters. The van der Waals surface area contributed by atoms with E-state index in [1.807, 2.05) is 14.8 Å². The van der Waals surface area contributed by atoms with E-state index in [4.69, 9.17) is 4.74 Å². The highest BCUT2D eigenvalue weighted by Crippen LogP contribution is 2.26. The number of aliphatic hydroxyl groups excluding tert-OH is 2. The Morgan fingerprint density at radius 2 is 2.09 bits per heavy atom. The Morgan fingerprint density at radius 1 is 1.55 bits per heavy atom. The van der Waals surface area contributed by atoms with Crippen molar-refractivity contribution in [3.8, 4) is 0 Å². The lowest BCUT2D eigenvalue weighted by atomic mass is 9.86. The van der Waals surface area contributed by atoms with Crippen LogP contribution in [0.25, 0.3) is 0 Å². The lowest BCUT2D eigenvalue weighted by Crippen LogP contribution is -2.34. The van der Waals surface area contributed by atoms with Crippen molar-refractivity contribution in [2.24, 2.45) is 5.92 Å². The molecule has 4 heteroatoms. The van der Waals surface area contributed by atoms with Crippen molar-refractivity contribution in [1.29, 1.82) is 0 Å². The van der Waals surface area contributed by atoms with E-state index in [0.29, 0.717) is 0 Å². The maximum atomic E-state index is 9.51. The van der Waals surface area contributed by atoms with E-state index in [9.17, 15) is 10.2 Å². The van der Waals surface area contributed by atoms with Gasteiger partial charge in [-0.3, -0.25) is 0 Å². The Balaban J connectivity index is 2.59. The predicted octanol–water partition coefficient (Wildman–Crippen LogP) is -1.28. The molecule has 2 unspecified atom stereocenters. The van der Waals surface area contributed by atoms with Crippen molar-refractivity contribution in [3.05, 3.63) is 0 Å². The van der Waals surface area contributed by atoms with E-state index in [-0.39, 0.29) is 11.9 Å². The quantitative estimate of drug-likeness (QED) is 0.467. The molecule has 3 nitrogen and oxygen atoms in total. The SMILES string of the molecule is B[C@@H]1O[C@H](C(C)O)C(O)[C@@H]1C. The highest BCUT2D eigenvalue weighted by molar-refractivity contribution is 6.11. The molecule has 0 aromatic heterocycles. The van der Waals surface area contributed by atoms with Crippen LogP contribution in [0.3, 0.4) is 0 Å². The summed E-state index contributed by atoms with van der Waals surface area (Å²) in [5.74, 6) is 0.120. The zero-order valence-corrected chi connectivity index (χ0v) is 7.19. The topological polar surface area (TPSA) is 49.7 Å². The summed E-state index contributed by atoms with van der Waals surface area (Å²) in [6.07, 6.45) is -1.51. The number of hydrogen-bond acceptors (Lipinski definition) is 3. The minimum Gasteiger partial charge on any atom is -0.391 e. The van der Waals surface area contributed by atoms with Crippen molar-refractivity contribution >= 4 is 7.85 Å². The average Bonchev–Trinajstić information content (AvgIpc) is 2.17. The Morgan fingerprint density at radius 3 is 2.27 bits per heavy atom. The first-order valence-electron chi connectivity index (χ1n) is 4.05. The standard InChI is InChI=1S/C7H15BO3/c1-3-5(10)6(4(2)9)11-7(3)8/h3-7,9-10H,8H2,1-2H3/t3-,4?,5?,6+,7+/m0/s1. The van der Waals surface area contributed by atoms with Crippen LogP contribution in [-0.2, 0) is 4.74 Å². The second-order valence-corrected chi connectivity index (χ2v) is 3.40. The summed E-state index contributed by atoms with van der Waals surface area (Å²) in [6, 6.07) is 0.0459. The predicted molar refractivity (Wildman–Crippen MR) is 44.1 cm³/mol. The van der Waals surface area contributed by atoms with E-state index < -0.39 is 18.3 Å². The number of hydrogen-bond donors (Lipinski definition) is 2. The van der Waals surface area contributed by atoms with Gasteiger partial charge in [0.25, 0.3) is 0 Å². The van der Waals surface area contributed by atoms with Crippen LogP contribution in [0.15, 0.2) is 0 Å². The van der Waals surface area contributed by atoms with Gasteiger partial charge in [-0.2, -0.15) is 0 Å². The molecule has 1 aliphatic heterocycles. The summed E-state index contributed by atoms with van der Waals surface area (Å²) >= 11 is 0. The van der Waals surface area contributed by atoms with Gasteiger partial charge in [0.2, 0.25) is 0 Å². The van der Waals surface area contributed by atoms with Crippen LogP contribution >= 0.6 is 0 Å². The first-order chi connectivity index (χ1) is 5.04. The van der Waals surface area contributed by atoms with Gasteiger partial charge in [0, 0.05) is 11.9 Å². The van der Waals surface area contributed by atoms with Crippen LogP contribution in [0.4, 0.5) is 0 Å². The van der Waals surface area contributed by atoms with Crippen molar-refractivity contribution in [3.63, 3.8) is 0 Å². The fourth-order valence-electron chi connectivity index (χ4n) is 1.43. The van der Waals surface area contributed by atoms with Crippen LogP contribution in [-0.4, -0.2) is 42.4 Å². The highest BCUT2D eigenvalue weighted by Gasteiger charge is 2.40. The van der Waals surface area contributed by atoms with Crippen LogP contribution in [0.1, 0.15) is 13.8 Å². The Hall–Kier alpha value is -0.0551. The third-order valence-corrected chi connectivity index (χ3v) is 2.46. The van der Waals surface area contributed by atoms with Gasteiger partial charge in [0.05, 0.1) is 12.2 Å². The molecule has 0 spiro atoms. The number of ether oxygens (including phenoxy) is 1. The molecule has 0 amide bonds. The van der Waals surface area contributed by atoms with Gasteiger partial charge < -0.3 is 14.9 Å². The second-order valence-electron chi connectivity index (χ2n) is 3.40. The third kappa shape index (κ3) is 1.58. The molecule has 1 fully saturated rings. The Bertz CT molecular complexity index is 140. The lowest BCUT2D eigenvalue weighted by Gasteiger charge is -2.17. The molecule has 0 bridgehead atoms. The normalized spacial score (nSPS) is 47.6. The molecule has 0 aliphatic carbocycles. The molecular formula is C7H15BO3. The molecule has 11 heavy (non-hydrogen) atoms. The maximum Gasteiger partial charge on any atom is 0.139 e. The second kappa shape index (κ2) is 3.13. The molecule has 0 radical (unpaired) electrons. The van der Waals surface area contributed by atoms with Crippen molar-refractivity contribution in [2.75, 3.05) is 0 Å². The van der Waals surface area contributed by atoms with Crippen LogP contribution in [0.2, 0.25) is 0 Å². The molecule has 64 valence electrons. The van der Waals surface area contributed by atoms with E-state index >= 15 is 0 Å². The highest BCUT2D eigenvalue weighted by atomic mass is 16.5. The van der Waals surface area contributed by atoms with Gasteiger partial charge in [-0.15, -0.1) is 0 Å². The Kier molecular flexibility index (Phi) is 2.57. The van der Waals surface area contributed by atoms with Crippen LogP contribution in [0, 0.1) is 5.92 Å². The van der Waals surface area contributed by atoms with Gasteiger partial charge in [-0.1, -0.05) is 6.92 Å². The van der Waals surface area contributed by atoms with Gasteiger partial charge in [-0.25, -0.2) is 0 Å². The van der Waals surface area contributed by atoms with E-state index in [2.05, 4.69) is 0 Å². The summed E-state index contributed by atoms with van der Waals surface area (Å²) in [5.41, 5.74) is 0. The molecular weight excluding hydrogens is 143 g/mol. The molecule has 1 aliphatic rings. The van der Waals surface area contributed by atoms with E-state index in [1.54, 1.807) is 6.92 Å². The fourth-order valence-corrected chi connectivity index (χ4v) is 1.43.